The Morgan fingerprint density at radius 1 is 1.23 bits per heavy atom. The number of halogens is 3. The Kier molecular flexibility index (Phi) is 7.73. The van der Waals surface area contributed by atoms with Crippen LogP contribution in [0.2, 0.25) is 0 Å². The molecule has 0 saturated heterocycles. The van der Waals surface area contributed by atoms with E-state index in [9.17, 15) is 22.8 Å². The molecule has 1 amide bonds. The molecule has 0 fully saturated rings. The van der Waals surface area contributed by atoms with Crippen molar-refractivity contribution in [3.63, 3.8) is 0 Å². The predicted molar refractivity (Wildman–Crippen MR) is 159 cm³/mol. The molecule has 43 heavy (non-hydrogen) atoms. The van der Waals surface area contributed by atoms with Crippen molar-refractivity contribution in [2.45, 2.75) is 79.6 Å². The van der Waals surface area contributed by atoms with Gasteiger partial charge < -0.3 is 20.4 Å². The van der Waals surface area contributed by atoms with Crippen LogP contribution < -0.4 is 21.0 Å². The lowest BCUT2D eigenvalue weighted by Gasteiger charge is -2.42. The maximum absolute atomic E-state index is 14.0. The number of rotatable bonds is 5. The molecule has 0 saturated carbocycles. The molecular formula is C32H38F3N5O3. The molecule has 11 heteroatoms. The third-order valence-corrected chi connectivity index (χ3v) is 9.66. The Morgan fingerprint density at radius 3 is 2.56 bits per heavy atom. The number of nitrogens with one attached hydrogen (secondary N) is 2. The maximum Gasteiger partial charge on any atom is 0.416 e. The van der Waals surface area contributed by atoms with Gasteiger partial charge in [-0.2, -0.15) is 13.2 Å². The lowest BCUT2D eigenvalue weighted by molar-refractivity contribution is -0.128. The summed E-state index contributed by atoms with van der Waals surface area (Å²) in [6.07, 6.45) is 1.92. The molecule has 230 valence electrons. The number of nitrogens with zero attached hydrogens (tertiary/aromatic N) is 3. The van der Waals surface area contributed by atoms with E-state index >= 15 is 0 Å². The van der Waals surface area contributed by atoms with Gasteiger partial charge in [-0.25, -0.2) is 4.98 Å². The minimum atomic E-state index is -4.40. The van der Waals surface area contributed by atoms with Crippen molar-refractivity contribution in [3.8, 4) is 0 Å². The van der Waals surface area contributed by atoms with Crippen molar-refractivity contribution < 1.29 is 22.8 Å². The summed E-state index contributed by atoms with van der Waals surface area (Å²) in [7, 11) is 1.33. The molecular weight excluding hydrogens is 559 g/mol. The Bertz CT molecular complexity index is 1640. The summed E-state index contributed by atoms with van der Waals surface area (Å²) in [5.74, 6) is -0.0413. The highest BCUT2D eigenvalue weighted by Crippen LogP contribution is 2.53. The third-order valence-electron chi connectivity index (χ3n) is 9.66. The average molecular weight is 598 g/mol. The molecule has 2 aliphatic heterocycles. The van der Waals surface area contributed by atoms with Crippen molar-refractivity contribution in [3.05, 3.63) is 90.7 Å². The molecule has 1 aromatic heterocycles. The second-order valence-corrected chi connectivity index (χ2v) is 11.7. The van der Waals surface area contributed by atoms with E-state index in [2.05, 4.69) is 50.2 Å². The zero-order valence-corrected chi connectivity index (χ0v) is 25.6. The van der Waals surface area contributed by atoms with Crippen LogP contribution in [0.4, 0.5) is 19.1 Å². The number of anilines is 1. The lowest BCUT2D eigenvalue weighted by Crippen LogP contribution is -2.45. The van der Waals surface area contributed by atoms with Crippen LogP contribution in [0.1, 0.15) is 65.6 Å². The Labute approximate surface area is 249 Å². The summed E-state index contributed by atoms with van der Waals surface area (Å²) in [4.78, 5) is 39.1. The molecule has 2 N–H and O–H groups in total. The van der Waals surface area contributed by atoms with Crippen LogP contribution in [-0.2, 0) is 17.8 Å². The third kappa shape index (κ3) is 4.92. The van der Waals surface area contributed by atoms with Crippen molar-refractivity contribution in [1.82, 2.24) is 19.9 Å². The van der Waals surface area contributed by atoms with Crippen LogP contribution in [0.15, 0.2) is 73.9 Å². The topological polar surface area (TPSA) is 88.5 Å². The molecule has 3 heterocycles. The molecule has 0 spiro atoms. The highest BCUT2D eigenvalue weighted by atomic mass is 19.4. The molecule has 2 atom stereocenters. The second-order valence-electron chi connectivity index (χ2n) is 11.7. The molecule has 0 aromatic carbocycles. The fraction of sp³-hybridized carbons (Fsp3) is 0.469. The van der Waals surface area contributed by atoms with Gasteiger partial charge in [0, 0.05) is 24.6 Å². The smallest absolute Gasteiger partial charge is 0.411 e. The van der Waals surface area contributed by atoms with Crippen LogP contribution in [0.3, 0.4) is 0 Å². The van der Waals surface area contributed by atoms with Crippen LogP contribution in [-0.4, -0.2) is 46.4 Å². The summed E-state index contributed by atoms with van der Waals surface area (Å²) in [5.41, 5.74) is 6.73. The van der Waals surface area contributed by atoms with E-state index in [0.29, 0.717) is 35.5 Å². The van der Waals surface area contributed by atoms with Gasteiger partial charge in [0.25, 0.3) is 11.5 Å². The summed E-state index contributed by atoms with van der Waals surface area (Å²) in [5, 5.41) is 6.47. The average Bonchev–Trinajstić information content (AvgIpc) is 3.25. The molecule has 2 aliphatic carbocycles. The van der Waals surface area contributed by atoms with Gasteiger partial charge >= 0.3 is 6.18 Å². The first-order chi connectivity index (χ1) is 20.2. The molecule has 0 radical (unpaired) electrons. The number of carbonyl (C=O) groups is 1. The monoisotopic (exact) mass is 597 g/mol. The Morgan fingerprint density at radius 2 is 1.95 bits per heavy atom. The van der Waals surface area contributed by atoms with Gasteiger partial charge in [-0.1, -0.05) is 24.6 Å². The van der Waals surface area contributed by atoms with Gasteiger partial charge in [0.15, 0.2) is 0 Å². The highest BCUT2D eigenvalue weighted by molar-refractivity contribution is 5.95. The fourth-order valence-electron chi connectivity index (χ4n) is 6.88. The van der Waals surface area contributed by atoms with E-state index in [1.807, 2.05) is 6.92 Å². The van der Waals surface area contributed by atoms with Crippen LogP contribution in [0, 0.1) is 5.41 Å². The number of carbonyl (C=O) groups excluding carboxylic acids is 1. The van der Waals surface area contributed by atoms with Gasteiger partial charge in [0.2, 0.25) is 5.95 Å². The van der Waals surface area contributed by atoms with Gasteiger partial charge in [-0.3, -0.25) is 9.59 Å². The van der Waals surface area contributed by atoms with Crippen molar-refractivity contribution >= 4 is 11.9 Å². The minimum Gasteiger partial charge on any atom is -0.411 e. The number of aromatic nitrogens is 2. The van der Waals surface area contributed by atoms with Gasteiger partial charge in [-0.15, -0.1) is 4.73 Å². The number of hydrogen-bond acceptors (Lipinski definition) is 6. The first-order valence-electron chi connectivity index (χ1n) is 14.5. The first kappa shape index (κ1) is 30.4. The van der Waals surface area contributed by atoms with Crippen LogP contribution >= 0.6 is 0 Å². The molecule has 2 unspecified atom stereocenters. The predicted octanol–water partition coefficient (Wildman–Crippen LogP) is 5.26. The molecule has 8 nitrogen and oxygen atoms in total. The SMILES string of the molecule is CCC1=C(C)C(C)=C(C)C2NC(C(=O)N3CCc4nc(NC=C5C=CC(C(F)(F)F)=CC5)n(OC)c(=O)c4C3)=C(C)C12C. The second kappa shape index (κ2) is 10.9. The summed E-state index contributed by atoms with van der Waals surface area (Å²) in [6, 6.07) is -0.00753. The number of fused-ring (bicyclic) bond motifs is 2. The van der Waals surface area contributed by atoms with Crippen LogP contribution in [0.25, 0.3) is 0 Å². The number of amides is 1. The van der Waals surface area contributed by atoms with Crippen molar-refractivity contribution in [2.75, 3.05) is 19.0 Å². The fourth-order valence-corrected chi connectivity index (χ4v) is 6.88. The first-order valence-corrected chi connectivity index (χ1v) is 14.5. The molecule has 5 rings (SSSR count). The van der Waals surface area contributed by atoms with Gasteiger partial charge in [-0.05, 0) is 81.4 Å². The highest BCUT2D eigenvalue weighted by Gasteiger charge is 2.50. The zero-order chi connectivity index (χ0) is 31.4. The Hall–Kier alpha value is -4.02. The zero-order valence-electron chi connectivity index (χ0n) is 25.6. The standard InChI is InChI=1S/C32H38F3N5O3/c1-8-24-18(3)17(2)19(4)27-31(24,6)20(5)26(38-27)29(42)39-14-13-25-23(16-39)28(41)40(43-7)30(37-25)36-15-21-9-11-22(12-10-21)32(33,34)35/h9,11-12,15,27,38H,8,10,13-14,16H2,1-7H3,(H,36,37). The summed E-state index contributed by atoms with van der Waals surface area (Å²) < 4.78 is 39.7. The number of alkyl halides is 3. The van der Waals surface area contributed by atoms with Crippen LogP contribution in [0.5, 0.6) is 0 Å². The quantitative estimate of drug-likeness (QED) is 0.482. The van der Waals surface area contributed by atoms with Crippen molar-refractivity contribution in [2.24, 2.45) is 5.41 Å². The lowest BCUT2D eigenvalue weighted by atomic mass is 9.63. The number of hydrogen-bond donors (Lipinski definition) is 2. The van der Waals surface area contributed by atoms with Gasteiger partial charge in [0.1, 0.15) is 12.8 Å². The minimum absolute atomic E-state index is 0.00753. The van der Waals surface area contributed by atoms with E-state index in [1.165, 1.54) is 41.7 Å². The number of allylic oxidation sites excluding steroid dienone is 7. The Balaban J connectivity index is 1.39. The maximum atomic E-state index is 14.0. The van der Waals surface area contributed by atoms with Crippen molar-refractivity contribution in [1.29, 1.82) is 0 Å². The van der Waals surface area contributed by atoms with Gasteiger partial charge in [0.05, 0.1) is 29.4 Å². The molecule has 1 aromatic rings. The molecule has 4 aliphatic rings. The summed E-state index contributed by atoms with van der Waals surface area (Å²) in [6.45, 7) is 13.3. The van der Waals surface area contributed by atoms with E-state index in [4.69, 9.17) is 4.84 Å². The van der Waals surface area contributed by atoms with E-state index in [1.54, 1.807) is 4.90 Å². The normalized spacial score (nSPS) is 24.7. The van der Waals surface area contributed by atoms with E-state index in [-0.39, 0.29) is 36.3 Å². The molecule has 0 bridgehead atoms. The largest absolute Gasteiger partial charge is 0.416 e. The van der Waals surface area contributed by atoms with E-state index in [0.717, 1.165) is 28.9 Å². The van der Waals surface area contributed by atoms with E-state index < -0.39 is 17.3 Å². The summed E-state index contributed by atoms with van der Waals surface area (Å²) >= 11 is 0.